The maximum atomic E-state index is 11.6. The number of hydrogen-bond acceptors (Lipinski definition) is 4. The van der Waals surface area contributed by atoms with Crippen molar-refractivity contribution in [3.8, 4) is 0 Å². The quantitative estimate of drug-likeness (QED) is 0.858. The second kappa shape index (κ2) is 5.38. The first-order valence-corrected chi connectivity index (χ1v) is 8.09. The third-order valence-corrected chi connectivity index (χ3v) is 5.11. The Balaban J connectivity index is 0.000000492. The van der Waals surface area contributed by atoms with E-state index in [1.165, 1.54) is 11.3 Å². The van der Waals surface area contributed by atoms with Crippen molar-refractivity contribution >= 4 is 27.3 Å². The first-order chi connectivity index (χ1) is 8.25. The average Bonchev–Trinajstić information content (AvgIpc) is 2.77. The van der Waals surface area contributed by atoms with Gasteiger partial charge in [0.1, 0.15) is 4.21 Å². The van der Waals surface area contributed by atoms with Gasteiger partial charge >= 0.3 is 0 Å². The highest BCUT2D eigenvalue weighted by atomic mass is 32.2. The number of carbonyl (C=O) groups excluding carboxylic acids is 1. The second-order valence-electron chi connectivity index (χ2n) is 4.19. The fraction of sp³-hybridized carbons (Fsp3) is 0.545. The fourth-order valence-electron chi connectivity index (χ4n) is 1.69. The molecule has 102 valence electrons. The van der Waals surface area contributed by atoms with Gasteiger partial charge in [-0.1, -0.05) is 20.3 Å². The van der Waals surface area contributed by atoms with E-state index >= 15 is 0 Å². The minimum atomic E-state index is -3.72. The summed E-state index contributed by atoms with van der Waals surface area (Å²) in [4.78, 5) is 13.2. The van der Waals surface area contributed by atoms with E-state index in [1.807, 2.05) is 0 Å². The van der Waals surface area contributed by atoms with Crippen LogP contribution >= 0.6 is 11.3 Å². The summed E-state index contributed by atoms with van der Waals surface area (Å²) in [6.07, 6.45) is 1.25. The molecule has 7 heteroatoms. The number of primary sulfonamides is 1. The van der Waals surface area contributed by atoms with Gasteiger partial charge in [0, 0.05) is 18.0 Å². The highest BCUT2D eigenvalue weighted by Crippen LogP contribution is 2.39. The van der Waals surface area contributed by atoms with E-state index in [9.17, 15) is 13.2 Å². The highest BCUT2D eigenvalue weighted by Gasteiger charge is 2.37. The molecule has 2 rings (SSSR count). The molecule has 0 bridgehead atoms. The van der Waals surface area contributed by atoms with Crippen LogP contribution in [0.3, 0.4) is 0 Å². The monoisotopic (exact) mass is 290 g/mol. The Bertz CT molecular complexity index is 549. The Morgan fingerprint density at radius 2 is 1.94 bits per heavy atom. The molecule has 2 N–H and O–H groups in total. The molecule has 1 unspecified atom stereocenters. The molecule has 1 aliphatic rings. The van der Waals surface area contributed by atoms with Gasteiger partial charge in [-0.05, 0) is 6.92 Å². The van der Waals surface area contributed by atoms with E-state index < -0.39 is 10.0 Å². The van der Waals surface area contributed by atoms with Crippen molar-refractivity contribution < 1.29 is 13.2 Å². The van der Waals surface area contributed by atoms with E-state index in [2.05, 4.69) is 13.8 Å². The summed E-state index contributed by atoms with van der Waals surface area (Å²) in [5.41, 5.74) is 0.994. The van der Waals surface area contributed by atoms with Gasteiger partial charge in [-0.15, -0.1) is 11.3 Å². The molecule has 1 aromatic rings. The van der Waals surface area contributed by atoms with Crippen LogP contribution in [0.1, 0.15) is 49.2 Å². The summed E-state index contributed by atoms with van der Waals surface area (Å²) in [5, 5.41) is 6.63. The van der Waals surface area contributed by atoms with Gasteiger partial charge in [0.25, 0.3) is 5.91 Å². The molecule has 0 aromatic carbocycles. The summed E-state index contributed by atoms with van der Waals surface area (Å²) in [6, 6.07) is -0.230. The SMILES string of the molecule is CC1c2c(csc2S(N)(=O)=O)C(=O)N1C.CCC. The van der Waals surface area contributed by atoms with Crippen molar-refractivity contribution in [2.24, 2.45) is 5.14 Å². The molecule has 0 radical (unpaired) electrons. The molecule has 1 atom stereocenters. The molecule has 0 spiro atoms. The number of thiophene rings is 1. The predicted molar refractivity (Wildman–Crippen MR) is 72.2 cm³/mol. The average molecular weight is 290 g/mol. The number of sulfonamides is 1. The van der Waals surface area contributed by atoms with Crippen molar-refractivity contribution in [2.75, 3.05) is 7.05 Å². The summed E-state index contributed by atoms with van der Waals surface area (Å²) < 4.78 is 22.6. The third kappa shape index (κ3) is 2.57. The molecule has 1 aromatic heterocycles. The largest absolute Gasteiger partial charge is 0.335 e. The van der Waals surface area contributed by atoms with E-state index in [0.29, 0.717) is 11.1 Å². The molecule has 2 heterocycles. The topological polar surface area (TPSA) is 80.5 Å². The Labute approximate surface area is 112 Å². The van der Waals surface area contributed by atoms with E-state index in [1.54, 1.807) is 19.4 Å². The van der Waals surface area contributed by atoms with Gasteiger partial charge < -0.3 is 4.90 Å². The molecule has 0 saturated heterocycles. The van der Waals surface area contributed by atoms with E-state index in [0.717, 1.165) is 11.3 Å². The Morgan fingerprint density at radius 3 is 2.39 bits per heavy atom. The zero-order chi connectivity index (χ0) is 14.1. The van der Waals surface area contributed by atoms with Crippen LogP contribution in [0.5, 0.6) is 0 Å². The van der Waals surface area contributed by atoms with Gasteiger partial charge in [-0.3, -0.25) is 4.79 Å². The predicted octanol–water partition coefficient (Wildman–Crippen LogP) is 1.96. The van der Waals surface area contributed by atoms with Crippen LogP contribution in [0.4, 0.5) is 0 Å². The van der Waals surface area contributed by atoms with Crippen molar-refractivity contribution in [3.63, 3.8) is 0 Å². The van der Waals surface area contributed by atoms with Crippen molar-refractivity contribution in [1.29, 1.82) is 0 Å². The molecule has 1 aliphatic heterocycles. The normalized spacial score (nSPS) is 18.4. The fourth-order valence-corrected chi connectivity index (χ4v) is 3.82. The number of rotatable bonds is 1. The number of amides is 1. The Morgan fingerprint density at radius 1 is 1.44 bits per heavy atom. The molecule has 0 saturated carbocycles. The first-order valence-electron chi connectivity index (χ1n) is 5.67. The first kappa shape index (κ1) is 15.1. The zero-order valence-electron chi connectivity index (χ0n) is 10.9. The highest BCUT2D eigenvalue weighted by molar-refractivity contribution is 7.91. The lowest BCUT2D eigenvalue weighted by Gasteiger charge is -2.16. The maximum Gasteiger partial charge on any atom is 0.255 e. The lowest BCUT2D eigenvalue weighted by Crippen LogP contribution is -2.22. The van der Waals surface area contributed by atoms with Gasteiger partial charge in [0.15, 0.2) is 0 Å². The summed E-state index contributed by atoms with van der Waals surface area (Å²) in [5.74, 6) is -0.149. The number of nitrogens with zero attached hydrogens (tertiary/aromatic N) is 1. The zero-order valence-corrected chi connectivity index (χ0v) is 12.6. The second-order valence-corrected chi connectivity index (χ2v) is 6.83. The molecular formula is C11H18N2O3S2. The van der Waals surface area contributed by atoms with Crippen molar-refractivity contribution in [3.05, 3.63) is 16.5 Å². The van der Waals surface area contributed by atoms with Crippen LogP contribution < -0.4 is 5.14 Å². The van der Waals surface area contributed by atoms with Crippen LogP contribution in [0.2, 0.25) is 0 Å². The lowest BCUT2D eigenvalue weighted by atomic mass is 10.1. The summed E-state index contributed by atoms with van der Waals surface area (Å²) in [6.45, 7) is 6.03. The van der Waals surface area contributed by atoms with Crippen LogP contribution in [-0.4, -0.2) is 26.3 Å². The minimum Gasteiger partial charge on any atom is -0.335 e. The Kier molecular flexibility index (Phi) is 4.52. The standard InChI is InChI=1S/C8H10N2O3S2.C3H8/c1-4-6-5(7(11)10(4)2)3-14-8(6)15(9,12)13;1-3-2/h3-4H,1-2H3,(H2,9,12,13);3H2,1-2H3. The van der Waals surface area contributed by atoms with Gasteiger partial charge in [0.05, 0.1) is 11.6 Å². The lowest BCUT2D eigenvalue weighted by molar-refractivity contribution is 0.0783. The van der Waals surface area contributed by atoms with Crippen molar-refractivity contribution in [2.45, 2.75) is 37.4 Å². The molecule has 0 fully saturated rings. The van der Waals surface area contributed by atoms with Crippen molar-refractivity contribution in [1.82, 2.24) is 4.90 Å². The Hall–Kier alpha value is -0.920. The number of hydrogen-bond donors (Lipinski definition) is 1. The smallest absolute Gasteiger partial charge is 0.255 e. The van der Waals surface area contributed by atoms with Gasteiger partial charge in [-0.2, -0.15) is 0 Å². The van der Waals surface area contributed by atoms with Gasteiger partial charge in [-0.25, -0.2) is 13.6 Å². The number of carbonyl (C=O) groups is 1. The van der Waals surface area contributed by atoms with Crippen LogP contribution in [0, 0.1) is 0 Å². The molecule has 18 heavy (non-hydrogen) atoms. The van der Waals surface area contributed by atoms with Crippen LogP contribution in [0.25, 0.3) is 0 Å². The summed E-state index contributed by atoms with van der Waals surface area (Å²) in [7, 11) is -2.08. The van der Waals surface area contributed by atoms with E-state index in [-0.39, 0.29) is 16.2 Å². The summed E-state index contributed by atoms with van der Waals surface area (Å²) >= 11 is 1.01. The van der Waals surface area contributed by atoms with Crippen LogP contribution in [0.15, 0.2) is 9.59 Å². The third-order valence-electron chi connectivity index (χ3n) is 2.60. The molecule has 1 amide bonds. The number of nitrogens with two attached hydrogens (primary N) is 1. The van der Waals surface area contributed by atoms with Gasteiger partial charge in [0.2, 0.25) is 10.0 Å². The van der Waals surface area contributed by atoms with Crippen LogP contribution in [-0.2, 0) is 10.0 Å². The number of fused-ring (bicyclic) bond motifs is 1. The molecule has 0 aliphatic carbocycles. The molecule has 5 nitrogen and oxygen atoms in total. The van der Waals surface area contributed by atoms with E-state index in [4.69, 9.17) is 5.14 Å². The molecular weight excluding hydrogens is 272 g/mol. The maximum absolute atomic E-state index is 11.6. The minimum absolute atomic E-state index is 0.0997.